The first-order chi connectivity index (χ1) is 4.34. The van der Waals surface area contributed by atoms with Crippen LogP contribution in [0.5, 0.6) is 0 Å². The summed E-state index contributed by atoms with van der Waals surface area (Å²) >= 11 is 10.5. The largest absolute Gasteiger partial charge is 0.307 e. The topological polar surface area (TPSA) is 34.1 Å². The summed E-state index contributed by atoms with van der Waals surface area (Å²) in [5.74, 6) is 0. The molecule has 0 saturated carbocycles. The Labute approximate surface area is 70.0 Å². The van der Waals surface area contributed by atoms with E-state index in [0.717, 1.165) is 0 Å². The van der Waals surface area contributed by atoms with Crippen LogP contribution < -0.4 is 0 Å². The highest BCUT2D eigenvalue weighted by atomic mass is 35.7. The quantitative estimate of drug-likeness (QED) is 0.521. The van der Waals surface area contributed by atoms with Crippen LogP contribution in [0.2, 0.25) is 0 Å². The summed E-state index contributed by atoms with van der Waals surface area (Å²) in [6.45, 7) is 0.433. The maximum Gasteiger partial charge on any atom is 0.222 e. The van der Waals surface area contributed by atoms with Crippen LogP contribution >= 0.6 is 29.3 Å². The minimum absolute atomic E-state index is 0.0822. The number of carbonyl (C=O) groups excluding carboxylic acids is 1. The highest BCUT2D eigenvalue weighted by Gasteiger charge is 2.22. The van der Waals surface area contributed by atoms with Gasteiger partial charge in [-0.05, 0) is 11.6 Å². The third kappa shape index (κ3) is 4.32. The molecule has 0 fully saturated rings. The Hall–Kier alpha value is 0.480. The van der Waals surface area contributed by atoms with Crippen molar-refractivity contribution in [3.05, 3.63) is 0 Å². The van der Waals surface area contributed by atoms with Gasteiger partial charge in [0, 0.05) is 18.7 Å². The van der Waals surface area contributed by atoms with E-state index in [1.807, 2.05) is 0 Å². The van der Waals surface area contributed by atoms with Crippen molar-refractivity contribution in [1.82, 2.24) is 0 Å². The molecule has 2 atom stereocenters. The van der Waals surface area contributed by atoms with E-state index in [4.69, 9.17) is 22.8 Å². The minimum atomic E-state index is -2.64. The molecule has 0 aliphatic heterocycles. The standard InChI is InChI=1S/C5H9Cl2O2P/c1-4(3-5(6)8)10(2,7)9/h4H,3H2,1-2H3. The first-order valence-electron chi connectivity index (χ1n) is 2.79. The summed E-state index contributed by atoms with van der Waals surface area (Å²) in [7, 11) is 0. The number of carbonyl (C=O) groups is 1. The van der Waals surface area contributed by atoms with E-state index < -0.39 is 11.7 Å². The Bertz CT molecular complexity index is 174. The first-order valence-corrected chi connectivity index (χ1v) is 6.30. The molecule has 0 aliphatic rings. The third-order valence-corrected chi connectivity index (χ3v) is 4.15. The van der Waals surface area contributed by atoms with E-state index in [-0.39, 0.29) is 12.1 Å². The first kappa shape index (κ1) is 10.5. The second kappa shape index (κ2) is 3.75. The lowest BCUT2D eigenvalue weighted by molar-refractivity contribution is -0.111. The predicted octanol–water partition coefficient (Wildman–Crippen LogP) is 2.68. The molecule has 0 rings (SSSR count). The number of halogens is 2. The van der Waals surface area contributed by atoms with Crippen LogP contribution in [0.25, 0.3) is 0 Å². The smallest absolute Gasteiger partial charge is 0.222 e. The second-order valence-electron chi connectivity index (χ2n) is 2.29. The lowest BCUT2D eigenvalue weighted by atomic mass is 10.4. The van der Waals surface area contributed by atoms with Gasteiger partial charge in [0.1, 0.15) is 0 Å². The lowest BCUT2D eigenvalue weighted by Crippen LogP contribution is -2.03. The molecule has 10 heavy (non-hydrogen) atoms. The monoisotopic (exact) mass is 202 g/mol. The number of hydrogen-bond acceptors (Lipinski definition) is 2. The SMILES string of the molecule is CC(CC(=O)Cl)P(C)(=O)Cl. The summed E-state index contributed by atoms with van der Waals surface area (Å²) in [5.41, 5.74) is -0.320. The molecule has 0 saturated heterocycles. The molecule has 60 valence electrons. The van der Waals surface area contributed by atoms with E-state index in [1.54, 1.807) is 6.92 Å². The predicted molar refractivity (Wildman–Crippen MR) is 44.3 cm³/mol. The van der Waals surface area contributed by atoms with Gasteiger partial charge in [0.05, 0.1) is 0 Å². The Morgan fingerprint density at radius 2 is 2.10 bits per heavy atom. The van der Waals surface area contributed by atoms with Gasteiger partial charge in [-0.1, -0.05) is 18.2 Å². The summed E-state index contributed by atoms with van der Waals surface area (Å²) < 4.78 is 11.0. The molecule has 0 spiro atoms. The molecule has 0 radical (unpaired) electrons. The van der Waals surface area contributed by atoms with Crippen LogP contribution in [0, 0.1) is 0 Å². The van der Waals surface area contributed by atoms with Gasteiger partial charge < -0.3 is 4.57 Å². The van der Waals surface area contributed by atoms with Crippen LogP contribution in [0.4, 0.5) is 0 Å². The van der Waals surface area contributed by atoms with Crippen molar-refractivity contribution in [3.8, 4) is 0 Å². The van der Waals surface area contributed by atoms with Crippen LogP contribution in [-0.2, 0) is 9.36 Å². The molecule has 0 N–H and O–H groups in total. The van der Waals surface area contributed by atoms with Crippen molar-refractivity contribution in [3.63, 3.8) is 0 Å². The zero-order valence-electron chi connectivity index (χ0n) is 5.80. The molecule has 2 unspecified atom stereocenters. The van der Waals surface area contributed by atoms with Crippen molar-refractivity contribution in [2.45, 2.75) is 19.0 Å². The zero-order chi connectivity index (χ0) is 8.36. The summed E-state index contributed by atoms with van der Waals surface area (Å²) in [6.07, 6.45) is 0.0822. The highest BCUT2D eigenvalue weighted by molar-refractivity contribution is 7.89. The van der Waals surface area contributed by atoms with Gasteiger partial charge in [-0.25, -0.2) is 0 Å². The Morgan fingerprint density at radius 1 is 1.70 bits per heavy atom. The zero-order valence-corrected chi connectivity index (χ0v) is 8.21. The van der Waals surface area contributed by atoms with Gasteiger partial charge in [-0.3, -0.25) is 4.79 Å². The van der Waals surface area contributed by atoms with Gasteiger partial charge in [-0.2, -0.15) is 0 Å². The summed E-state index contributed by atoms with van der Waals surface area (Å²) in [5, 5.41) is -0.491. The van der Waals surface area contributed by atoms with Crippen molar-refractivity contribution in [2.24, 2.45) is 0 Å². The maximum atomic E-state index is 11.0. The Kier molecular flexibility index (Phi) is 3.93. The second-order valence-corrected chi connectivity index (χ2v) is 7.37. The molecule has 0 heterocycles. The number of rotatable bonds is 3. The Balaban J connectivity index is 3.98. The molecule has 5 heteroatoms. The van der Waals surface area contributed by atoms with Crippen molar-refractivity contribution in [1.29, 1.82) is 0 Å². The van der Waals surface area contributed by atoms with E-state index in [2.05, 4.69) is 0 Å². The number of hydrogen-bond donors (Lipinski definition) is 0. The van der Waals surface area contributed by atoms with Crippen molar-refractivity contribution < 1.29 is 9.36 Å². The molecule has 0 bridgehead atoms. The van der Waals surface area contributed by atoms with E-state index in [9.17, 15) is 9.36 Å². The van der Waals surface area contributed by atoms with Crippen molar-refractivity contribution in [2.75, 3.05) is 6.66 Å². The van der Waals surface area contributed by atoms with Crippen LogP contribution in [0.15, 0.2) is 0 Å². The van der Waals surface area contributed by atoms with Gasteiger partial charge in [0.25, 0.3) is 0 Å². The summed E-state index contributed by atoms with van der Waals surface area (Å²) in [6, 6.07) is 0. The Morgan fingerprint density at radius 3 is 2.20 bits per heavy atom. The highest BCUT2D eigenvalue weighted by Crippen LogP contribution is 2.53. The van der Waals surface area contributed by atoms with Gasteiger partial charge >= 0.3 is 0 Å². The average Bonchev–Trinajstić information content (AvgIpc) is 1.60. The lowest BCUT2D eigenvalue weighted by Gasteiger charge is -2.10. The fraction of sp³-hybridized carbons (Fsp3) is 0.800. The van der Waals surface area contributed by atoms with Crippen LogP contribution in [0.1, 0.15) is 13.3 Å². The van der Waals surface area contributed by atoms with Gasteiger partial charge in [-0.15, -0.1) is 0 Å². The fourth-order valence-corrected chi connectivity index (χ4v) is 1.43. The fourth-order valence-electron chi connectivity index (χ4n) is 0.395. The molecule has 0 aromatic carbocycles. The normalized spacial score (nSPS) is 19.6. The maximum absolute atomic E-state index is 11.0. The summed E-state index contributed by atoms with van der Waals surface area (Å²) in [4.78, 5) is 10.3. The van der Waals surface area contributed by atoms with E-state index >= 15 is 0 Å². The van der Waals surface area contributed by atoms with E-state index in [1.165, 1.54) is 6.66 Å². The molecular formula is C5H9Cl2O2P. The van der Waals surface area contributed by atoms with Crippen molar-refractivity contribution >= 4 is 34.6 Å². The molecule has 0 aromatic heterocycles. The average molecular weight is 203 g/mol. The van der Waals surface area contributed by atoms with Gasteiger partial charge in [0.15, 0.2) is 6.49 Å². The third-order valence-electron chi connectivity index (χ3n) is 1.24. The molecular weight excluding hydrogens is 194 g/mol. The van der Waals surface area contributed by atoms with Crippen LogP contribution in [0.3, 0.4) is 0 Å². The minimum Gasteiger partial charge on any atom is -0.307 e. The molecule has 2 nitrogen and oxygen atoms in total. The molecule has 0 aromatic rings. The van der Waals surface area contributed by atoms with Crippen LogP contribution in [-0.4, -0.2) is 17.6 Å². The molecule has 0 aliphatic carbocycles. The van der Waals surface area contributed by atoms with E-state index in [0.29, 0.717) is 0 Å². The van der Waals surface area contributed by atoms with Gasteiger partial charge in [0.2, 0.25) is 5.24 Å². The molecule has 0 amide bonds.